The largest absolute Gasteiger partial charge is 0.496 e. The number of aryl methyl sites for hydroxylation is 1. The lowest BCUT2D eigenvalue weighted by atomic mass is 10.1. The van der Waals surface area contributed by atoms with E-state index in [1.165, 1.54) is 5.56 Å². The third-order valence-electron chi connectivity index (χ3n) is 4.19. The average Bonchev–Trinajstić information content (AvgIpc) is 2.72. The third-order valence-corrected chi connectivity index (χ3v) is 4.19. The fraction of sp³-hybridized carbons (Fsp3) is 0.174. The highest BCUT2D eigenvalue weighted by atomic mass is 16.5. The molecule has 0 aliphatic carbocycles. The Balaban J connectivity index is 1.60. The predicted molar refractivity (Wildman–Crippen MR) is 109 cm³/mol. The maximum Gasteiger partial charge on any atom is 0.128 e. The lowest BCUT2D eigenvalue weighted by Crippen LogP contribution is -2.07. The van der Waals surface area contributed by atoms with E-state index in [9.17, 15) is 0 Å². The Hall–Kier alpha value is -3.27. The summed E-state index contributed by atoms with van der Waals surface area (Å²) in [6.07, 6.45) is 1.78. The molecule has 0 spiro atoms. The zero-order chi connectivity index (χ0) is 18.9. The Kier molecular flexibility index (Phi) is 6.47. The van der Waals surface area contributed by atoms with Gasteiger partial charge in [0.25, 0.3) is 0 Å². The Bertz CT molecular complexity index is 889. The molecular formula is C23H24N2O2. The minimum absolute atomic E-state index is 0.528. The zero-order valence-corrected chi connectivity index (χ0v) is 15.7. The molecular weight excluding hydrogens is 336 g/mol. The molecule has 3 aromatic rings. The van der Waals surface area contributed by atoms with Gasteiger partial charge >= 0.3 is 0 Å². The number of nitrogens with zero attached hydrogens (tertiary/aromatic N) is 1. The Labute approximate surface area is 160 Å². The molecule has 0 fully saturated rings. The molecule has 0 bridgehead atoms. The lowest BCUT2D eigenvalue weighted by molar-refractivity contribution is 0.306. The van der Waals surface area contributed by atoms with E-state index in [0.29, 0.717) is 13.2 Å². The van der Waals surface area contributed by atoms with Crippen LogP contribution in [0.4, 0.5) is 0 Å². The van der Waals surface area contributed by atoms with Crippen LogP contribution in [0.25, 0.3) is 0 Å². The van der Waals surface area contributed by atoms with Gasteiger partial charge in [-0.1, -0.05) is 60.2 Å². The van der Waals surface area contributed by atoms with E-state index in [-0.39, 0.29) is 0 Å². The molecule has 0 heterocycles. The van der Waals surface area contributed by atoms with Crippen molar-refractivity contribution in [1.82, 2.24) is 5.43 Å². The molecule has 27 heavy (non-hydrogen) atoms. The van der Waals surface area contributed by atoms with E-state index in [1.54, 1.807) is 13.3 Å². The van der Waals surface area contributed by atoms with Gasteiger partial charge in [0.1, 0.15) is 18.1 Å². The Morgan fingerprint density at radius 3 is 2.37 bits per heavy atom. The number of hydrogen-bond acceptors (Lipinski definition) is 4. The molecule has 3 rings (SSSR count). The normalized spacial score (nSPS) is 10.7. The van der Waals surface area contributed by atoms with Crippen LogP contribution in [0, 0.1) is 6.92 Å². The van der Waals surface area contributed by atoms with E-state index in [2.05, 4.69) is 41.7 Å². The maximum atomic E-state index is 5.98. The first-order chi connectivity index (χ1) is 13.3. The number of hydrazone groups is 1. The third kappa shape index (κ3) is 5.35. The number of nitrogens with one attached hydrogen (secondary N) is 1. The second kappa shape index (κ2) is 9.43. The van der Waals surface area contributed by atoms with Crippen LogP contribution >= 0.6 is 0 Å². The fourth-order valence-electron chi connectivity index (χ4n) is 2.66. The van der Waals surface area contributed by atoms with Gasteiger partial charge in [0, 0.05) is 11.1 Å². The fourth-order valence-corrected chi connectivity index (χ4v) is 2.66. The smallest absolute Gasteiger partial charge is 0.128 e. The second-order valence-corrected chi connectivity index (χ2v) is 6.22. The number of benzene rings is 3. The molecule has 0 atom stereocenters. The summed E-state index contributed by atoms with van der Waals surface area (Å²) >= 11 is 0. The highest BCUT2D eigenvalue weighted by Crippen LogP contribution is 2.18. The van der Waals surface area contributed by atoms with Gasteiger partial charge in [0.05, 0.1) is 19.9 Å². The van der Waals surface area contributed by atoms with E-state index >= 15 is 0 Å². The van der Waals surface area contributed by atoms with Gasteiger partial charge in [0.2, 0.25) is 0 Å². The van der Waals surface area contributed by atoms with Crippen LogP contribution in [0.3, 0.4) is 0 Å². The number of rotatable bonds is 8. The lowest BCUT2D eigenvalue weighted by Gasteiger charge is -2.10. The molecule has 0 saturated carbocycles. The highest BCUT2D eigenvalue weighted by Gasteiger charge is 2.02. The van der Waals surface area contributed by atoms with Crippen molar-refractivity contribution in [3.8, 4) is 11.5 Å². The Morgan fingerprint density at radius 2 is 1.59 bits per heavy atom. The number of methoxy groups -OCH3 is 1. The number of ether oxygens (including phenoxy) is 2. The molecule has 3 aromatic carbocycles. The van der Waals surface area contributed by atoms with Gasteiger partial charge in [-0.3, -0.25) is 0 Å². The molecule has 4 heteroatoms. The summed E-state index contributed by atoms with van der Waals surface area (Å²) in [5.41, 5.74) is 7.43. The summed E-state index contributed by atoms with van der Waals surface area (Å²) in [6, 6.07) is 24.1. The van der Waals surface area contributed by atoms with Crippen molar-refractivity contribution in [2.24, 2.45) is 5.10 Å². The molecule has 0 aliphatic heterocycles. The number of para-hydroxylation sites is 2. The van der Waals surface area contributed by atoms with Crippen LogP contribution in [0.15, 0.2) is 77.9 Å². The highest BCUT2D eigenvalue weighted by molar-refractivity contribution is 5.83. The van der Waals surface area contributed by atoms with Crippen molar-refractivity contribution in [2.45, 2.75) is 20.1 Å². The minimum atomic E-state index is 0.528. The zero-order valence-electron chi connectivity index (χ0n) is 15.7. The number of hydrogen-bond donors (Lipinski definition) is 1. The summed E-state index contributed by atoms with van der Waals surface area (Å²) in [4.78, 5) is 0. The molecule has 4 nitrogen and oxygen atoms in total. The molecule has 0 saturated heterocycles. The molecule has 1 N–H and O–H groups in total. The first-order valence-electron chi connectivity index (χ1n) is 8.91. The SMILES string of the molecule is COc1ccccc1CN/N=C\c1ccccc1OCc1ccc(C)cc1. The topological polar surface area (TPSA) is 42.8 Å². The maximum absolute atomic E-state index is 5.98. The molecule has 138 valence electrons. The monoisotopic (exact) mass is 360 g/mol. The Morgan fingerprint density at radius 1 is 0.889 bits per heavy atom. The molecule has 0 aliphatic rings. The molecule has 0 aromatic heterocycles. The van der Waals surface area contributed by atoms with Gasteiger partial charge < -0.3 is 14.9 Å². The van der Waals surface area contributed by atoms with Gasteiger partial charge in [-0.05, 0) is 30.7 Å². The van der Waals surface area contributed by atoms with Crippen molar-refractivity contribution in [1.29, 1.82) is 0 Å². The molecule has 0 radical (unpaired) electrons. The van der Waals surface area contributed by atoms with E-state index in [1.807, 2.05) is 48.5 Å². The van der Waals surface area contributed by atoms with Crippen LogP contribution in [0.2, 0.25) is 0 Å². The van der Waals surface area contributed by atoms with Gasteiger partial charge in [-0.2, -0.15) is 5.10 Å². The second-order valence-electron chi connectivity index (χ2n) is 6.22. The summed E-state index contributed by atoms with van der Waals surface area (Å²) in [7, 11) is 1.67. The van der Waals surface area contributed by atoms with Crippen LogP contribution in [-0.4, -0.2) is 13.3 Å². The minimum Gasteiger partial charge on any atom is -0.496 e. The average molecular weight is 360 g/mol. The summed E-state index contributed by atoms with van der Waals surface area (Å²) in [5.74, 6) is 1.66. The van der Waals surface area contributed by atoms with E-state index < -0.39 is 0 Å². The quantitative estimate of drug-likeness (QED) is 0.467. The first-order valence-corrected chi connectivity index (χ1v) is 8.91. The van der Waals surface area contributed by atoms with Crippen LogP contribution in [0.1, 0.15) is 22.3 Å². The van der Waals surface area contributed by atoms with Crippen molar-refractivity contribution >= 4 is 6.21 Å². The summed E-state index contributed by atoms with van der Waals surface area (Å²) in [6.45, 7) is 3.20. The summed E-state index contributed by atoms with van der Waals surface area (Å²) < 4.78 is 11.3. The van der Waals surface area contributed by atoms with Crippen LogP contribution in [0.5, 0.6) is 11.5 Å². The standard InChI is InChI=1S/C23H24N2O2/c1-18-11-13-19(14-12-18)17-27-23-10-6-4-8-21(23)16-25-24-15-20-7-3-5-9-22(20)26-2/h3-14,16,24H,15,17H2,1-2H3/b25-16-. The van der Waals surface area contributed by atoms with Crippen LogP contribution < -0.4 is 14.9 Å². The molecule has 0 amide bonds. The van der Waals surface area contributed by atoms with Crippen molar-refractivity contribution in [3.63, 3.8) is 0 Å². The van der Waals surface area contributed by atoms with Gasteiger partial charge in [-0.25, -0.2) is 0 Å². The summed E-state index contributed by atoms with van der Waals surface area (Å²) in [5, 5.41) is 4.33. The van der Waals surface area contributed by atoms with Crippen molar-refractivity contribution in [3.05, 3.63) is 95.1 Å². The van der Waals surface area contributed by atoms with Gasteiger partial charge in [0.15, 0.2) is 0 Å². The molecule has 0 unspecified atom stereocenters. The van der Waals surface area contributed by atoms with Gasteiger partial charge in [-0.15, -0.1) is 0 Å². The first kappa shape index (κ1) is 18.5. The van der Waals surface area contributed by atoms with E-state index in [0.717, 1.165) is 28.2 Å². The van der Waals surface area contributed by atoms with Crippen molar-refractivity contribution in [2.75, 3.05) is 7.11 Å². The van der Waals surface area contributed by atoms with E-state index in [4.69, 9.17) is 9.47 Å². The van der Waals surface area contributed by atoms with Crippen LogP contribution in [-0.2, 0) is 13.2 Å². The van der Waals surface area contributed by atoms with Crippen molar-refractivity contribution < 1.29 is 9.47 Å². The predicted octanol–water partition coefficient (Wildman–Crippen LogP) is 4.71.